The molecule has 1 unspecified atom stereocenters. The number of amides is 2. The van der Waals surface area contributed by atoms with Gasteiger partial charge in [0.1, 0.15) is 12.6 Å². The summed E-state index contributed by atoms with van der Waals surface area (Å²) in [5.41, 5.74) is 4.26. The van der Waals surface area contributed by atoms with Gasteiger partial charge in [-0.1, -0.05) is 48.5 Å². The number of ether oxygens (including phenoxy) is 1. The SMILES string of the molecule is O=C(O)CCC(NC(=O)OCC1c2ccccc2-c2ccccc21)C(=O)N1C[C@@H](O)[C@@H](O)C1. The third kappa shape index (κ3) is 4.84. The van der Waals surface area contributed by atoms with E-state index in [-0.39, 0.29) is 38.5 Å². The zero-order chi connectivity index (χ0) is 23.5. The molecule has 9 nitrogen and oxygen atoms in total. The molecule has 2 aromatic rings. The molecule has 2 aromatic carbocycles. The molecule has 0 aromatic heterocycles. The number of carbonyl (C=O) groups is 3. The number of benzene rings is 2. The zero-order valence-corrected chi connectivity index (χ0v) is 17.9. The maximum Gasteiger partial charge on any atom is 0.407 e. The molecule has 0 bridgehead atoms. The van der Waals surface area contributed by atoms with E-state index in [2.05, 4.69) is 5.32 Å². The summed E-state index contributed by atoms with van der Waals surface area (Å²) in [4.78, 5) is 37.6. The van der Waals surface area contributed by atoms with Crippen LogP contribution in [0.25, 0.3) is 11.1 Å². The van der Waals surface area contributed by atoms with Crippen LogP contribution in [0, 0.1) is 0 Å². The lowest BCUT2D eigenvalue weighted by molar-refractivity contribution is -0.138. The third-order valence-corrected chi connectivity index (χ3v) is 6.15. The standard InChI is InChI=1S/C24H26N2O7/c27-20-11-26(12-21(20)28)23(31)19(9-10-22(29)30)25-24(32)33-13-18-16-7-3-1-5-14(16)15-6-2-4-8-17(15)18/h1-8,18-21,27-28H,9-13H2,(H,25,32)(H,29,30)/t19?,20-,21+. The lowest BCUT2D eigenvalue weighted by Gasteiger charge is -2.24. The lowest BCUT2D eigenvalue weighted by Crippen LogP contribution is -2.48. The Morgan fingerprint density at radius 3 is 2.06 bits per heavy atom. The summed E-state index contributed by atoms with van der Waals surface area (Å²) in [6.07, 6.45) is -3.46. The number of β-amino-alcohol motifs (C(OH)–C–C–N with tert-alkyl or cyclic N) is 2. The number of aliphatic carboxylic acids is 1. The fraction of sp³-hybridized carbons (Fsp3) is 0.375. The van der Waals surface area contributed by atoms with Crippen LogP contribution in [0.2, 0.25) is 0 Å². The summed E-state index contributed by atoms with van der Waals surface area (Å²) in [6, 6.07) is 14.6. The Labute approximate surface area is 190 Å². The van der Waals surface area contributed by atoms with Gasteiger partial charge in [0.2, 0.25) is 5.91 Å². The minimum Gasteiger partial charge on any atom is -0.481 e. The number of aliphatic hydroxyl groups is 2. The summed E-state index contributed by atoms with van der Waals surface area (Å²) < 4.78 is 5.47. The van der Waals surface area contributed by atoms with E-state index < -0.39 is 36.2 Å². The van der Waals surface area contributed by atoms with E-state index in [1.165, 1.54) is 4.90 Å². The molecule has 0 radical (unpaired) electrons. The summed E-state index contributed by atoms with van der Waals surface area (Å²) in [5.74, 6) is -1.83. The highest BCUT2D eigenvalue weighted by atomic mass is 16.5. The van der Waals surface area contributed by atoms with Gasteiger partial charge >= 0.3 is 12.1 Å². The smallest absolute Gasteiger partial charge is 0.407 e. The normalized spacial score (nSPS) is 20.1. The molecular formula is C24H26N2O7. The number of fused-ring (bicyclic) bond motifs is 3. The number of nitrogens with one attached hydrogen (secondary N) is 1. The van der Waals surface area contributed by atoms with Crippen LogP contribution in [0.5, 0.6) is 0 Å². The van der Waals surface area contributed by atoms with E-state index >= 15 is 0 Å². The molecule has 2 aliphatic rings. The summed E-state index contributed by atoms with van der Waals surface area (Å²) in [6.45, 7) is -0.118. The highest BCUT2D eigenvalue weighted by molar-refractivity contribution is 5.86. The Bertz CT molecular complexity index is 1000. The van der Waals surface area contributed by atoms with E-state index in [1.807, 2.05) is 48.5 Å². The highest BCUT2D eigenvalue weighted by Crippen LogP contribution is 2.44. The fourth-order valence-electron chi connectivity index (χ4n) is 4.48. The molecular weight excluding hydrogens is 428 g/mol. The largest absolute Gasteiger partial charge is 0.481 e. The first-order chi connectivity index (χ1) is 15.8. The molecule has 174 valence electrons. The van der Waals surface area contributed by atoms with E-state index in [0.717, 1.165) is 22.3 Å². The van der Waals surface area contributed by atoms with Gasteiger partial charge in [0.15, 0.2) is 0 Å². The van der Waals surface area contributed by atoms with Crippen LogP contribution in [-0.2, 0) is 14.3 Å². The summed E-state index contributed by atoms with van der Waals surface area (Å²) >= 11 is 0. The van der Waals surface area contributed by atoms with E-state index in [9.17, 15) is 24.6 Å². The molecule has 1 fully saturated rings. The van der Waals surface area contributed by atoms with Gasteiger partial charge in [-0.15, -0.1) is 0 Å². The number of rotatable bonds is 7. The Morgan fingerprint density at radius 2 is 1.52 bits per heavy atom. The van der Waals surface area contributed by atoms with Crippen molar-refractivity contribution in [2.24, 2.45) is 0 Å². The molecule has 1 saturated heterocycles. The first-order valence-corrected chi connectivity index (χ1v) is 10.8. The fourth-order valence-corrected chi connectivity index (χ4v) is 4.48. The van der Waals surface area contributed by atoms with Gasteiger partial charge in [0, 0.05) is 25.4 Å². The van der Waals surface area contributed by atoms with Crippen molar-refractivity contribution in [1.29, 1.82) is 0 Å². The van der Waals surface area contributed by atoms with Crippen LogP contribution in [0.15, 0.2) is 48.5 Å². The van der Waals surface area contributed by atoms with Crippen molar-refractivity contribution >= 4 is 18.0 Å². The Hall–Kier alpha value is -3.43. The van der Waals surface area contributed by atoms with E-state index in [4.69, 9.17) is 9.84 Å². The monoisotopic (exact) mass is 454 g/mol. The molecule has 1 heterocycles. The van der Waals surface area contributed by atoms with Crippen LogP contribution in [0.3, 0.4) is 0 Å². The number of likely N-dealkylation sites (tertiary alicyclic amines) is 1. The quantitative estimate of drug-likeness (QED) is 0.495. The van der Waals surface area contributed by atoms with Crippen molar-refractivity contribution < 1.29 is 34.4 Å². The van der Waals surface area contributed by atoms with Crippen molar-refractivity contribution in [3.05, 3.63) is 59.7 Å². The zero-order valence-electron chi connectivity index (χ0n) is 17.9. The van der Waals surface area contributed by atoms with Gasteiger partial charge in [-0.05, 0) is 28.7 Å². The maximum absolute atomic E-state index is 12.8. The molecule has 1 aliphatic heterocycles. The topological polar surface area (TPSA) is 136 Å². The lowest BCUT2D eigenvalue weighted by atomic mass is 9.98. The van der Waals surface area contributed by atoms with Crippen LogP contribution < -0.4 is 5.32 Å². The van der Waals surface area contributed by atoms with Crippen molar-refractivity contribution in [1.82, 2.24) is 10.2 Å². The average Bonchev–Trinajstić information content (AvgIpc) is 3.31. The second kappa shape index (κ2) is 9.60. The van der Waals surface area contributed by atoms with Crippen molar-refractivity contribution in [3.63, 3.8) is 0 Å². The van der Waals surface area contributed by atoms with Crippen LogP contribution >= 0.6 is 0 Å². The number of carboxylic acids is 1. The molecule has 0 saturated carbocycles. The van der Waals surface area contributed by atoms with Gasteiger partial charge in [-0.25, -0.2) is 4.79 Å². The van der Waals surface area contributed by atoms with Gasteiger partial charge in [-0.3, -0.25) is 9.59 Å². The third-order valence-electron chi connectivity index (χ3n) is 6.15. The molecule has 1 aliphatic carbocycles. The minimum absolute atomic E-state index is 0.0564. The molecule has 4 N–H and O–H groups in total. The number of hydrogen-bond donors (Lipinski definition) is 4. The Morgan fingerprint density at radius 1 is 0.970 bits per heavy atom. The van der Waals surface area contributed by atoms with Crippen molar-refractivity contribution in [2.75, 3.05) is 19.7 Å². The second-order valence-corrected chi connectivity index (χ2v) is 8.33. The molecule has 4 rings (SSSR count). The summed E-state index contributed by atoms with van der Waals surface area (Å²) in [7, 11) is 0. The molecule has 9 heteroatoms. The van der Waals surface area contributed by atoms with Gasteiger partial charge in [-0.2, -0.15) is 0 Å². The second-order valence-electron chi connectivity index (χ2n) is 8.33. The van der Waals surface area contributed by atoms with Crippen LogP contribution in [0.1, 0.15) is 29.9 Å². The van der Waals surface area contributed by atoms with E-state index in [1.54, 1.807) is 0 Å². The van der Waals surface area contributed by atoms with Gasteiger partial charge < -0.3 is 30.3 Å². The molecule has 2 amide bonds. The average molecular weight is 454 g/mol. The Balaban J connectivity index is 1.42. The van der Waals surface area contributed by atoms with Crippen molar-refractivity contribution in [2.45, 2.75) is 37.0 Å². The van der Waals surface area contributed by atoms with E-state index in [0.29, 0.717) is 0 Å². The Kier molecular flexibility index (Phi) is 6.62. The number of carboxylic acid groups (broad SMARTS) is 1. The molecule has 0 spiro atoms. The molecule has 3 atom stereocenters. The van der Waals surface area contributed by atoms with Crippen molar-refractivity contribution in [3.8, 4) is 11.1 Å². The van der Waals surface area contributed by atoms with Gasteiger partial charge in [0.25, 0.3) is 0 Å². The summed E-state index contributed by atoms with van der Waals surface area (Å²) in [5, 5.41) is 30.9. The minimum atomic E-state index is -1.14. The van der Waals surface area contributed by atoms with Crippen LogP contribution in [-0.4, -0.2) is 76.1 Å². The number of carbonyl (C=O) groups excluding carboxylic acids is 2. The first-order valence-electron chi connectivity index (χ1n) is 10.8. The predicted octanol–water partition coefficient (Wildman–Crippen LogP) is 1.32. The maximum atomic E-state index is 12.8. The highest BCUT2D eigenvalue weighted by Gasteiger charge is 2.36. The van der Waals surface area contributed by atoms with Crippen LogP contribution in [0.4, 0.5) is 4.79 Å². The number of hydrogen-bond acceptors (Lipinski definition) is 6. The number of aliphatic hydroxyl groups excluding tert-OH is 2. The molecule has 33 heavy (non-hydrogen) atoms. The number of nitrogens with zero attached hydrogens (tertiary/aromatic N) is 1. The first kappa shape index (κ1) is 22.8. The predicted molar refractivity (Wildman–Crippen MR) is 117 cm³/mol. The number of alkyl carbamates (subject to hydrolysis) is 1. The van der Waals surface area contributed by atoms with Gasteiger partial charge in [0.05, 0.1) is 12.2 Å².